The molecule has 0 unspecified atom stereocenters. The van der Waals surface area contributed by atoms with Gasteiger partial charge < -0.3 is 4.90 Å². The maximum absolute atomic E-state index is 13.6. The summed E-state index contributed by atoms with van der Waals surface area (Å²) in [7, 11) is 0. The molecule has 6 rings (SSSR count). The summed E-state index contributed by atoms with van der Waals surface area (Å²) in [6.07, 6.45) is 3.29. The second-order valence-electron chi connectivity index (χ2n) is 7.66. The summed E-state index contributed by atoms with van der Waals surface area (Å²) in [6, 6.07) is 16.5. The fourth-order valence-corrected chi connectivity index (χ4v) is 5.45. The van der Waals surface area contributed by atoms with Gasteiger partial charge in [-0.3, -0.25) is 14.6 Å². The van der Waals surface area contributed by atoms with Crippen LogP contribution in [0.25, 0.3) is 21.9 Å². The maximum Gasteiger partial charge on any atom is 0.291 e. The lowest BCUT2D eigenvalue weighted by Gasteiger charge is -2.17. The van der Waals surface area contributed by atoms with Gasteiger partial charge in [0.25, 0.3) is 11.5 Å². The van der Waals surface area contributed by atoms with Crippen LogP contribution in [0.5, 0.6) is 0 Å². The number of carbonyl (C=O) groups is 1. The molecule has 0 spiro atoms. The van der Waals surface area contributed by atoms with Crippen LogP contribution in [0.2, 0.25) is 5.02 Å². The minimum absolute atomic E-state index is 0.237. The van der Waals surface area contributed by atoms with Crippen LogP contribution in [0.1, 0.15) is 11.1 Å². The predicted octanol–water partition coefficient (Wildman–Crippen LogP) is 4.09. The molecule has 0 saturated heterocycles. The van der Waals surface area contributed by atoms with E-state index >= 15 is 0 Å². The van der Waals surface area contributed by atoms with Gasteiger partial charge in [-0.1, -0.05) is 51.0 Å². The van der Waals surface area contributed by atoms with Gasteiger partial charge in [0.2, 0.25) is 4.96 Å². The number of halogens is 2. The molecule has 0 aliphatic carbocycles. The van der Waals surface area contributed by atoms with Crippen LogP contribution in [-0.2, 0) is 11.3 Å². The normalized spacial score (nSPS) is 14.8. The monoisotopic (exact) mass is 549 g/mol. The standard InChI is InChI=1S/C24H13BrClN5O2S/c25-15-3-6-18-17(11-15)19(22(32)30(18)12-13-1-4-16(26)5-2-13)20-23(33)31-24(34-20)28-21(29-31)14-7-9-27-10-8-14/h1-11H,12H2. The van der Waals surface area contributed by atoms with Gasteiger partial charge in [-0.25, -0.2) is 0 Å². The number of pyridine rings is 1. The number of aromatic nitrogens is 4. The number of hydrogen-bond donors (Lipinski definition) is 0. The van der Waals surface area contributed by atoms with Crippen molar-refractivity contribution in [2.75, 3.05) is 4.90 Å². The van der Waals surface area contributed by atoms with Crippen molar-refractivity contribution >= 4 is 61.0 Å². The number of hydrogen-bond acceptors (Lipinski definition) is 6. The fraction of sp³-hybridized carbons (Fsp3) is 0.0417. The molecular formula is C24H13BrClN5O2S. The van der Waals surface area contributed by atoms with E-state index in [1.54, 1.807) is 41.6 Å². The Morgan fingerprint density at radius 3 is 2.50 bits per heavy atom. The number of anilines is 1. The highest BCUT2D eigenvalue weighted by Crippen LogP contribution is 2.38. The van der Waals surface area contributed by atoms with Crippen molar-refractivity contribution in [2.24, 2.45) is 0 Å². The summed E-state index contributed by atoms with van der Waals surface area (Å²) in [5.41, 5.74) is 3.13. The molecule has 0 N–H and O–H groups in total. The number of nitrogens with zero attached hydrogens (tertiary/aromatic N) is 5. The van der Waals surface area contributed by atoms with Crippen LogP contribution in [0.4, 0.5) is 5.69 Å². The molecular weight excluding hydrogens is 538 g/mol. The molecule has 0 atom stereocenters. The Morgan fingerprint density at radius 1 is 1.00 bits per heavy atom. The second kappa shape index (κ2) is 8.12. The first kappa shape index (κ1) is 21.2. The molecule has 1 aliphatic rings. The van der Waals surface area contributed by atoms with E-state index in [1.807, 2.05) is 30.3 Å². The average molecular weight is 551 g/mol. The number of amides is 1. The summed E-state index contributed by atoms with van der Waals surface area (Å²) < 4.78 is 2.39. The predicted molar refractivity (Wildman–Crippen MR) is 135 cm³/mol. The van der Waals surface area contributed by atoms with Crippen LogP contribution < -0.4 is 15.0 Å². The minimum atomic E-state index is -0.365. The minimum Gasteiger partial charge on any atom is -0.303 e. The number of carbonyl (C=O) groups excluding carboxylic acids is 1. The smallest absolute Gasteiger partial charge is 0.291 e. The van der Waals surface area contributed by atoms with E-state index in [9.17, 15) is 9.59 Å². The molecule has 1 aliphatic heterocycles. The van der Waals surface area contributed by atoms with Gasteiger partial charge in [-0.2, -0.15) is 9.50 Å². The van der Waals surface area contributed by atoms with E-state index in [2.05, 4.69) is 31.0 Å². The third-order valence-corrected chi connectivity index (χ3v) is 7.33. The molecule has 10 heteroatoms. The summed E-state index contributed by atoms with van der Waals surface area (Å²) >= 11 is 10.7. The lowest BCUT2D eigenvalue weighted by Crippen LogP contribution is -2.32. The van der Waals surface area contributed by atoms with Crippen LogP contribution in [0.3, 0.4) is 0 Å². The van der Waals surface area contributed by atoms with Crippen molar-refractivity contribution in [2.45, 2.75) is 6.54 Å². The van der Waals surface area contributed by atoms with E-state index in [1.165, 1.54) is 4.52 Å². The molecule has 7 nitrogen and oxygen atoms in total. The van der Waals surface area contributed by atoms with Crippen molar-refractivity contribution in [3.05, 3.63) is 102 Å². The first-order valence-corrected chi connectivity index (χ1v) is 12.2. The van der Waals surface area contributed by atoms with E-state index in [-0.39, 0.29) is 11.5 Å². The van der Waals surface area contributed by atoms with Gasteiger partial charge in [-0.15, -0.1) is 5.10 Å². The Bertz CT molecular complexity index is 1700. The third-order valence-electron chi connectivity index (χ3n) is 5.55. The van der Waals surface area contributed by atoms with Crippen molar-refractivity contribution in [3.8, 4) is 11.4 Å². The highest BCUT2D eigenvalue weighted by Gasteiger charge is 2.34. The SMILES string of the molecule is O=C1C(=c2sc3nc(-c4ccncc4)nn3c2=O)c2cc(Br)ccc2N1Cc1ccc(Cl)cc1. The molecule has 0 fully saturated rings. The van der Waals surface area contributed by atoms with Gasteiger partial charge in [0, 0.05) is 33.0 Å². The fourth-order valence-electron chi connectivity index (χ4n) is 3.96. The Hall–Kier alpha value is -3.40. The molecule has 2 aromatic carbocycles. The van der Waals surface area contributed by atoms with Gasteiger partial charge >= 0.3 is 0 Å². The summed E-state index contributed by atoms with van der Waals surface area (Å²) in [5.74, 6) is 0.201. The molecule has 166 valence electrons. The van der Waals surface area contributed by atoms with Crippen molar-refractivity contribution < 1.29 is 4.79 Å². The first-order chi connectivity index (χ1) is 16.5. The average Bonchev–Trinajstić information content (AvgIpc) is 3.47. The van der Waals surface area contributed by atoms with Crippen LogP contribution >= 0.6 is 38.9 Å². The second-order valence-corrected chi connectivity index (χ2v) is 9.99. The summed E-state index contributed by atoms with van der Waals surface area (Å²) in [6.45, 7) is 0.356. The van der Waals surface area contributed by atoms with E-state index in [0.29, 0.717) is 38.0 Å². The molecule has 0 saturated carbocycles. The van der Waals surface area contributed by atoms with E-state index in [4.69, 9.17) is 11.6 Å². The molecule has 1 amide bonds. The molecule has 5 aromatic rings. The highest BCUT2D eigenvalue weighted by atomic mass is 79.9. The van der Waals surface area contributed by atoms with Gasteiger partial charge in [0.15, 0.2) is 5.82 Å². The summed E-state index contributed by atoms with van der Waals surface area (Å²) in [5, 5.41) is 5.01. The quantitative estimate of drug-likeness (QED) is 0.338. The summed E-state index contributed by atoms with van der Waals surface area (Å²) in [4.78, 5) is 37.6. The zero-order valence-corrected chi connectivity index (χ0v) is 20.4. The molecule has 3 aromatic heterocycles. The van der Waals surface area contributed by atoms with E-state index < -0.39 is 0 Å². The number of fused-ring (bicyclic) bond motifs is 2. The topological polar surface area (TPSA) is 80.5 Å². The van der Waals surface area contributed by atoms with Crippen LogP contribution in [-0.4, -0.2) is 25.5 Å². The zero-order valence-electron chi connectivity index (χ0n) is 17.3. The van der Waals surface area contributed by atoms with Crippen molar-refractivity contribution in [1.29, 1.82) is 0 Å². The first-order valence-electron chi connectivity index (χ1n) is 10.2. The van der Waals surface area contributed by atoms with Crippen molar-refractivity contribution in [1.82, 2.24) is 19.6 Å². The Morgan fingerprint density at radius 2 is 1.76 bits per heavy atom. The molecule has 0 bridgehead atoms. The van der Waals surface area contributed by atoms with Gasteiger partial charge in [-0.05, 0) is 48.0 Å². The van der Waals surface area contributed by atoms with Crippen LogP contribution in [0.15, 0.2) is 76.3 Å². The lowest BCUT2D eigenvalue weighted by atomic mass is 10.1. The van der Waals surface area contributed by atoms with Crippen molar-refractivity contribution in [3.63, 3.8) is 0 Å². The Balaban J connectivity index is 1.51. The molecule has 34 heavy (non-hydrogen) atoms. The third kappa shape index (κ3) is 3.44. The number of rotatable bonds is 3. The van der Waals surface area contributed by atoms with Crippen LogP contribution in [0, 0.1) is 0 Å². The van der Waals surface area contributed by atoms with E-state index in [0.717, 1.165) is 32.6 Å². The number of thiazole rings is 1. The van der Waals surface area contributed by atoms with Gasteiger partial charge in [0.05, 0.1) is 17.8 Å². The molecule has 4 heterocycles. The highest BCUT2D eigenvalue weighted by molar-refractivity contribution is 9.10. The molecule has 0 radical (unpaired) electrons. The lowest BCUT2D eigenvalue weighted by molar-refractivity contribution is -0.113. The maximum atomic E-state index is 13.6. The Kier molecular flexibility index (Phi) is 5.05. The Labute approximate surface area is 210 Å². The van der Waals surface area contributed by atoms with Gasteiger partial charge in [0.1, 0.15) is 4.53 Å². The zero-order chi connectivity index (χ0) is 23.4. The number of benzene rings is 2. The largest absolute Gasteiger partial charge is 0.303 e.